The van der Waals surface area contributed by atoms with Crippen LogP contribution in [0.3, 0.4) is 0 Å². The summed E-state index contributed by atoms with van der Waals surface area (Å²) in [6.45, 7) is 4.00. The number of hydrogen-bond donors (Lipinski definition) is 1. The van der Waals surface area contributed by atoms with Crippen molar-refractivity contribution in [1.29, 1.82) is 0 Å². The first-order valence-electron chi connectivity index (χ1n) is 8.56. The van der Waals surface area contributed by atoms with E-state index in [9.17, 15) is 4.39 Å². The zero-order valence-corrected chi connectivity index (χ0v) is 13.3. The normalized spacial score (nSPS) is 17.9. The maximum Gasteiger partial charge on any atom is 0.129 e. The van der Waals surface area contributed by atoms with Gasteiger partial charge in [-0.1, -0.05) is 12.1 Å². The fraction of sp³-hybridized carbons (Fsp3) is 0.421. The van der Waals surface area contributed by atoms with Crippen LogP contribution in [-0.4, -0.2) is 31.2 Å². The van der Waals surface area contributed by atoms with Gasteiger partial charge in [-0.2, -0.15) is 0 Å². The van der Waals surface area contributed by atoms with Gasteiger partial charge in [0.05, 0.1) is 0 Å². The van der Waals surface area contributed by atoms with Crippen molar-refractivity contribution >= 4 is 5.82 Å². The molecule has 4 rings (SSSR count). The summed E-state index contributed by atoms with van der Waals surface area (Å²) in [5.74, 6) is 0.894. The number of pyridine rings is 1. The second-order valence-corrected chi connectivity index (χ2v) is 6.40. The van der Waals surface area contributed by atoms with Crippen molar-refractivity contribution in [2.24, 2.45) is 0 Å². The molecule has 1 aliphatic heterocycles. The van der Waals surface area contributed by atoms with Gasteiger partial charge in [-0.25, -0.2) is 9.37 Å². The lowest BCUT2D eigenvalue weighted by Crippen LogP contribution is -2.44. The van der Waals surface area contributed by atoms with E-state index in [1.165, 1.54) is 29.7 Å². The molecule has 1 fully saturated rings. The van der Waals surface area contributed by atoms with Crippen LogP contribution in [0.5, 0.6) is 0 Å². The van der Waals surface area contributed by atoms with Crippen LogP contribution in [0.2, 0.25) is 0 Å². The lowest BCUT2D eigenvalue weighted by molar-refractivity contribution is 0.582. The van der Waals surface area contributed by atoms with E-state index >= 15 is 0 Å². The Balaban J connectivity index is 1.80. The van der Waals surface area contributed by atoms with Crippen molar-refractivity contribution < 1.29 is 4.39 Å². The van der Waals surface area contributed by atoms with E-state index in [1.54, 1.807) is 12.1 Å². The fourth-order valence-electron chi connectivity index (χ4n) is 3.63. The maximum atomic E-state index is 13.3. The first-order chi connectivity index (χ1) is 11.3. The molecule has 1 aromatic heterocycles. The van der Waals surface area contributed by atoms with Gasteiger partial charge in [0, 0.05) is 31.9 Å². The molecule has 23 heavy (non-hydrogen) atoms. The van der Waals surface area contributed by atoms with Gasteiger partial charge in [-0.15, -0.1) is 0 Å². The van der Waals surface area contributed by atoms with E-state index in [4.69, 9.17) is 4.98 Å². The van der Waals surface area contributed by atoms with Gasteiger partial charge in [0.1, 0.15) is 11.6 Å². The van der Waals surface area contributed by atoms with Crippen LogP contribution in [0.25, 0.3) is 11.1 Å². The van der Waals surface area contributed by atoms with E-state index < -0.39 is 0 Å². The van der Waals surface area contributed by atoms with Crippen LogP contribution < -0.4 is 10.2 Å². The average Bonchev–Trinajstić information content (AvgIpc) is 2.62. The first-order valence-corrected chi connectivity index (χ1v) is 8.56. The third-order valence-electron chi connectivity index (χ3n) is 4.88. The third kappa shape index (κ3) is 2.95. The van der Waals surface area contributed by atoms with Crippen LogP contribution in [0.1, 0.15) is 24.1 Å². The average molecular weight is 311 g/mol. The zero-order chi connectivity index (χ0) is 15.6. The molecule has 120 valence electrons. The third-order valence-corrected chi connectivity index (χ3v) is 4.88. The molecule has 2 aliphatic rings. The molecule has 0 unspecified atom stereocenters. The molecule has 0 radical (unpaired) electrons. The highest BCUT2D eigenvalue weighted by atomic mass is 19.1. The minimum absolute atomic E-state index is 0.181. The highest BCUT2D eigenvalue weighted by molar-refractivity contribution is 5.72. The summed E-state index contributed by atoms with van der Waals surface area (Å²) >= 11 is 0. The van der Waals surface area contributed by atoms with Crippen LogP contribution in [-0.2, 0) is 12.8 Å². The molecule has 0 amide bonds. The highest BCUT2D eigenvalue weighted by Gasteiger charge is 2.20. The van der Waals surface area contributed by atoms with Crippen molar-refractivity contribution in [1.82, 2.24) is 10.3 Å². The molecule has 1 aliphatic carbocycles. The minimum atomic E-state index is -0.181. The number of hydrogen-bond acceptors (Lipinski definition) is 3. The highest BCUT2D eigenvalue weighted by Crippen LogP contribution is 2.33. The van der Waals surface area contributed by atoms with Crippen molar-refractivity contribution in [2.75, 3.05) is 31.1 Å². The molecule has 0 saturated carbocycles. The first kappa shape index (κ1) is 14.6. The molecule has 4 heteroatoms. The molecular formula is C19H22FN3. The SMILES string of the molecule is Fc1ccc(-c2cc(N3CCNCC3)nc3c2CCCC3)cc1. The largest absolute Gasteiger partial charge is 0.354 e. The van der Waals surface area contributed by atoms with E-state index in [1.807, 2.05) is 12.1 Å². The Hall–Kier alpha value is -1.94. The van der Waals surface area contributed by atoms with Gasteiger partial charge in [-0.05, 0) is 60.6 Å². The Morgan fingerprint density at radius 3 is 2.52 bits per heavy atom. The number of nitrogens with one attached hydrogen (secondary N) is 1. The zero-order valence-electron chi connectivity index (χ0n) is 13.3. The number of anilines is 1. The second-order valence-electron chi connectivity index (χ2n) is 6.40. The molecule has 0 bridgehead atoms. The van der Waals surface area contributed by atoms with E-state index in [0.29, 0.717) is 0 Å². The molecule has 1 N–H and O–H groups in total. The van der Waals surface area contributed by atoms with E-state index in [-0.39, 0.29) is 5.82 Å². The Bertz CT molecular complexity index is 691. The Morgan fingerprint density at radius 1 is 1.00 bits per heavy atom. The molecular weight excluding hydrogens is 289 g/mol. The minimum Gasteiger partial charge on any atom is -0.354 e. The van der Waals surface area contributed by atoms with E-state index in [0.717, 1.165) is 50.4 Å². The van der Waals surface area contributed by atoms with Crippen molar-refractivity contribution in [3.63, 3.8) is 0 Å². The standard InChI is InChI=1S/C19H22FN3/c20-15-7-5-14(6-8-15)17-13-19(23-11-9-21-10-12-23)22-18-4-2-1-3-16(17)18/h5-8,13,21H,1-4,9-12H2. The van der Waals surface area contributed by atoms with Crippen LogP contribution in [0.4, 0.5) is 10.2 Å². The van der Waals surface area contributed by atoms with Crippen molar-refractivity contribution in [3.8, 4) is 11.1 Å². The quantitative estimate of drug-likeness (QED) is 0.923. The van der Waals surface area contributed by atoms with Crippen molar-refractivity contribution in [2.45, 2.75) is 25.7 Å². The number of benzene rings is 1. The van der Waals surface area contributed by atoms with Gasteiger partial charge >= 0.3 is 0 Å². The molecule has 0 spiro atoms. The Kier molecular flexibility index (Phi) is 4.00. The van der Waals surface area contributed by atoms with Crippen LogP contribution >= 0.6 is 0 Å². The van der Waals surface area contributed by atoms with Gasteiger partial charge in [-0.3, -0.25) is 0 Å². The molecule has 2 heterocycles. The summed E-state index contributed by atoms with van der Waals surface area (Å²) in [4.78, 5) is 7.32. The summed E-state index contributed by atoms with van der Waals surface area (Å²) < 4.78 is 13.3. The second kappa shape index (κ2) is 6.28. The number of fused-ring (bicyclic) bond motifs is 1. The molecule has 0 atom stereocenters. The number of rotatable bonds is 2. The van der Waals surface area contributed by atoms with Gasteiger partial charge in [0.15, 0.2) is 0 Å². The van der Waals surface area contributed by atoms with E-state index in [2.05, 4.69) is 16.3 Å². The summed E-state index contributed by atoms with van der Waals surface area (Å²) in [5.41, 5.74) is 4.94. The molecule has 3 nitrogen and oxygen atoms in total. The monoisotopic (exact) mass is 311 g/mol. The summed E-state index contributed by atoms with van der Waals surface area (Å²) in [5, 5.41) is 3.39. The predicted octanol–water partition coefficient (Wildman–Crippen LogP) is 3.18. The van der Waals surface area contributed by atoms with Gasteiger partial charge in [0.2, 0.25) is 0 Å². The number of halogens is 1. The topological polar surface area (TPSA) is 28.2 Å². The molecule has 1 aromatic carbocycles. The van der Waals surface area contributed by atoms with Gasteiger partial charge in [0.25, 0.3) is 0 Å². The number of nitrogens with zero attached hydrogens (tertiary/aromatic N) is 2. The van der Waals surface area contributed by atoms with Crippen LogP contribution in [0, 0.1) is 5.82 Å². The lowest BCUT2D eigenvalue weighted by atomic mass is 9.89. The lowest BCUT2D eigenvalue weighted by Gasteiger charge is -2.30. The predicted molar refractivity (Wildman–Crippen MR) is 91.4 cm³/mol. The smallest absolute Gasteiger partial charge is 0.129 e. The summed E-state index contributed by atoms with van der Waals surface area (Å²) in [6.07, 6.45) is 4.57. The summed E-state index contributed by atoms with van der Waals surface area (Å²) in [6, 6.07) is 9.09. The van der Waals surface area contributed by atoms with Crippen LogP contribution in [0.15, 0.2) is 30.3 Å². The molecule has 2 aromatic rings. The summed E-state index contributed by atoms with van der Waals surface area (Å²) in [7, 11) is 0. The Morgan fingerprint density at radius 2 is 1.74 bits per heavy atom. The van der Waals surface area contributed by atoms with Crippen molar-refractivity contribution in [3.05, 3.63) is 47.4 Å². The fourth-order valence-corrected chi connectivity index (χ4v) is 3.63. The number of aryl methyl sites for hydroxylation is 1. The number of aromatic nitrogens is 1. The number of piperazine rings is 1. The van der Waals surface area contributed by atoms with Gasteiger partial charge < -0.3 is 10.2 Å². The maximum absolute atomic E-state index is 13.3. The Labute approximate surface area is 136 Å². The molecule has 1 saturated heterocycles.